The van der Waals surface area contributed by atoms with Crippen LogP contribution in [-0.2, 0) is 19.6 Å². The third-order valence-electron chi connectivity index (χ3n) is 3.71. The monoisotopic (exact) mass is 458 g/mol. The summed E-state index contributed by atoms with van der Waals surface area (Å²) in [6, 6.07) is 2.57. The van der Waals surface area contributed by atoms with E-state index >= 15 is 0 Å². The van der Waals surface area contributed by atoms with E-state index < -0.39 is 25.7 Å². The number of aromatic nitrogens is 2. The zero-order valence-corrected chi connectivity index (χ0v) is 18.9. The Hall–Kier alpha value is -2.93. The van der Waals surface area contributed by atoms with Crippen LogP contribution in [0.15, 0.2) is 16.5 Å². The van der Waals surface area contributed by atoms with E-state index in [1.54, 1.807) is 20.8 Å². The molecule has 0 saturated carbocycles. The van der Waals surface area contributed by atoms with Gasteiger partial charge in [0.05, 0.1) is 32.6 Å². The summed E-state index contributed by atoms with van der Waals surface area (Å²) in [6.45, 7) is 5.11. The standard InChI is InChI=1S/C17H22N4O7S2/c1-17(2,3)14(23)18-15-19-20-16(29-15)30(24,25)21-10-8-12(27-5)11(26-4)7-9(10)13(22)28-6/h7-8,21H,1-6H3,(H,18,19,23). The Morgan fingerprint density at radius 2 is 1.63 bits per heavy atom. The number of anilines is 2. The van der Waals surface area contributed by atoms with Crippen molar-refractivity contribution >= 4 is 44.1 Å². The first-order valence-corrected chi connectivity index (χ1v) is 10.7. The van der Waals surface area contributed by atoms with Crippen LogP contribution in [-0.4, -0.2) is 51.8 Å². The summed E-state index contributed by atoms with van der Waals surface area (Å²) in [4.78, 5) is 24.2. The van der Waals surface area contributed by atoms with E-state index in [1.165, 1.54) is 26.4 Å². The lowest BCUT2D eigenvalue weighted by Gasteiger charge is -2.15. The van der Waals surface area contributed by atoms with Crippen LogP contribution >= 0.6 is 11.3 Å². The van der Waals surface area contributed by atoms with Crippen LogP contribution in [0.25, 0.3) is 0 Å². The number of amides is 1. The SMILES string of the molecule is COC(=O)c1cc(OC)c(OC)cc1NS(=O)(=O)c1nnc(NC(=O)C(C)(C)C)s1. The second kappa shape index (κ2) is 8.83. The molecule has 0 bridgehead atoms. The molecule has 30 heavy (non-hydrogen) atoms. The molecule has 0 saturated heterocycles. The maximum absolute atomic E-state index is 12.8. The predicted molar refractivity (Wildman–Crippen MR) is 110 cm³/mol. The van der Waals surface area contributed by atoms with E-state index in [0.29, 0.717) is 11.3 Å². The van der Waals surface area contributed by atoms with Crippen molar-refractivity contribution in [2.75, 3.05) is 31.4 Å². The van der Waals surface area contributed by atoms with Crippen molar-refractivity contribution in [3.63, 3.8) is 0 Å². The average molecular weight is 459 g/mol. The van der Waals surface area contributed by atoms with Gasteiger partial charge in [-0.3, -0.25) is 9.52 Å². The number of ether oxygens (including phenoxy) is 3. The van der Waals surface area contributed by atoms with Gasteiger partial charge >= 0.3 is 5.97 Å². The van der Waals surface area contributed by atoms with Gasteiger partial charge < -0.3 is 19.5 Å². The maximum Gasteiger partial charge on any atom is 0.340 e. The lowest BCUT2D eigenvalue weighted by atomic mass is 9.96. The molecular weight excluding hydrogens is 436 g/mol. The molecule has 1 amide bonds. The minimum atomic E-state index is -4.23. The van der Waals surface area contributed by atoms with E-state index in [-0.39, 0.29) is 33.8 Å². The third-order valence-corrected chi connectivity index (χ3v) is 6.28. The zero-order chi connectivity index (χ0) is 22.7. The van der Waals surface area contributed by atoms with E-state index in [0.717, 1.165) is 7.11 Å². The molecule has 0 spiro atoms. The van der Waals surface area contributed by atoms with Crippen molar-refractivity contribution in [3.05, 3.63) is 17.7 Å². The lowest BCUT2D eigenvalue weighted by molar-refractivity contribution is -0.123. The molecule has 164 valence electrons. The summed E-state index contributed by atoms with van der Waals surface area (Å²) in [5.74, 6) is -0.727. The summed E-state index contributed by atoms with van der Waals surface area (Å²) >= 11 is 0.664. The van der Waals surface area contributed by atoms with Crippen LogP contribution in [0, 0.1) is 5.41 Å². The minimum Gasteiger partial charge on any atom is -0.493 e. The smallest absolute Gasteiger partial charge is 0.340 e. The first-order valence-electron chi connectivity index (χ1n) is 8.45. The van der Waals surface area contributed by atoms with Gasteiger partial charge in [0.25, 0.3) is 14.4 Å². The van der Waals surface area contributed by atoms with Crippen molar-refractivity contribution < 1.29 is 32.2 Å². The van der Waals surface area contributed by atoms with Crippen LogP contribution in [0.4, 0.5) is 10.8 Å². The molecule has 2 rings (SSSR count). The fourth-order valence-electron chi connectivity index (χ4n) is 2.08. The molecule has 13 heteroatoms. The minimum absolute atomic E-state index is 0.0239. The Bertz CT molecular complexity index is 1060. The number of esters is 1. The number of hydrogen-bond acceptors (Lipinski definition) is 10. The highest BCUT2D eigenvalue weighted by molar-refractivity contribution is 7.94. The number of benzene rings is 1. The van der Waals surface area contributed by atoms with Crippen molar-refractivity contribution in [1.82, 2.24) is 10.2 Å². The molecule has 1 aromatic carbocycles. The molecule has 0 fully saturated rings. The van der Waals surface area contributed by atoms with Crippen LogP contribution < -0.4 is 19.5 Å². The molecule has 0 aliphatic heterocycles. The Balaban J connectivity index is 2.39. The number of hydrogen-bond donors (Lipinski definition) is 2. The molecular formula is C17H22N4O7S2. The lowest BCUT2D eigenvalue weighted by Crippen LogP contribution is -2.27. The van der Waals surface area contributed by atoms with Gasteiger partial charge in [0.2, 0.25) is 11.0 Å². The zero-order valence-electron chi connectivity index (χ0n) is 17.2. The van der Waals surface area contributed by atoms with Gasteiger partial charge in [-0.15, -0.1) is 10.2 Å². The predicted octanol–water partition coefficient (Wildman–Crippen LogP) is 2.13. The first-order chi connectivity index (χ1) is 13.9. The van der Waals surface area contributed by atoms with E-state index in [9.17, 15) is 18.0 Å². The van der Waals surface area contributed by atoms with E-state index in [2.05, 4.69) is 20.2 Å². The molecule has 0 aliphatic carbocycles. The molecule has 0 aliphatic rings. The Labute approximate surface area is 177 Å². The molecule has 0 unspecified atom stereocenters. The fraction of sp³-hybridized carbons (Fsp3) is 0.412. The second-order valence-corrected chi connectivity index (χ2v) is 9.76. The van der Waals surface area contributed by atoms with Crippen LogP contribution in [0.2, 0.25) is 0 Å². The van der Waals surface area contributed by atoms with Gasteiger partial charge in [0.15, 0.2) is 11.5 Å². The van der Waals surface area contributed by atoms with Crippen molar-refractivity contribution in [3.8, 4) is 11.5 Å². The highest BCUT2D eigenvalue weighted by atomic mass is 32.2. The average Bonchev–Trinajstić information content (AvgIpc) is 3.15. The number of nitrogens with zero attached hydrogens (tertiary/aromatic N) is 2. The Kier molecular flexibility index (Phi) is 6.87. The van der Waals surface area contributed by atoms with Gasteiger partial charge in [-0.25, -0.2) is 4.79 Å². The van der Waals surface area contributed by atoms with E-state index in [1.807, 2.05) is 0 Å². The van der Waals surface area contributed by atoms with E-state index in [4.69, 9.17) is 14.2 Å². The van der Waals surface area contributed by atoms with Crippen LogP contribution in [0.5, 0.6) is 11.5 Å². The number of carbonyl (C=O) groups is 2. The van der Waals surface area contributed by atoms with Crippen molar-refractivity contribution in [1.29, 1.82) is 0 Å². The topological polar surface area (TPSA) is 146 Å². The van der Waals surface area contributed by atoms with Crippen molar-refractivity contribution in [2.45, 2.75) is 25.1 Å². The van der Waals surface area contributed by atoms with Crippen molar-refractivity contribution in [2.24, 2.45) is 5.41 Å². The highest BCUT2D eigenvalue weighted by Crippen LogP contribution is 2.35. The molecule has 2 N–H and O–H groups in total. The Morgan fingerprint density at radius 3 is 2.17 bits per heavy atom. The summed E-state index contributed by atoms with van der Waals surface area (Å²) < 4.78 is 42.4. The maximum atomic E-state index is 12.8. The number of methoxy groups -OCH3 is 3. The quantitative estimate of drug-likeness (QED) is 0.470. The highest BCUT2D eigenvalue weighted by Gasteiger charge is 2.27. The third kappa shape index (κ3) is 5.16. The number of rotatable bonds is 7. The molecule has 1 aromatic heterocycles. The second-order valence-electron chi connectivity index (χ2n) is 6.93. The summed E-state index contributed by atoms with van der Waals surface area (Å²) in [6.07, 6.45) is 0. The van der Waals surface area contributed by atoms with Gasteiger partial charge in [-0.1, -0.05) is 32.1 Å². The normalized spacial score (nSPS) is 11.5. The molecule has 0 atom stereocenters. The summed E-state index contributed by atoms with van der Waals surface area (Å²) in [5.41, 5.74) is -0.891. The van der Waals surface area contributed by atoms with Gasteiger partial charge in [0, 0.05) is 17.5 Å². The molecule has 2 aromatic rings. The number of nitrogens with one attached hydrogen (secondary N) is 2. The molecule has 11 nitrogen and oxygen atoms in total. The van der Waals surface area contributed by atoms with Crippen LogP contribution in [0.3, 0.4) is 0 Å². The van der Waals surface area contributed by atoms with Crippen LogP contribution in [0.1, 0.15) is 31.1 Å². The number of sulfonamides is 1. The Morgan fingerprint density at radius 1 is 1.03 bits per heavy atom. The number of carbonyl (C=O) groups excluding carboxylic acids is 2. The van der Waals surface area contributed by atoms with Gasteiger partial charge in [-0.2, -0.15) is 8.42 Å². The molecule has 1 heterocycles. The summed E-state index contributed by atoms with van der Waals surface area (Å²) in [5, 5.41) is 9.85. The largest absolute Gasteiger partial charge is 0.493 e. The summed E-state index contributed by atoms with van der Waals surface area (Å²) in [7, 11) is -0.338. The van der Waals surface area contributed by atoms with Gasteiger partial charge in [0.1, 0.15) is 0 Å². The molecule has 0 radical (unpaired) electrons. The first kappa shape index (κ1) is 23.3. The fourth-order valence-corrected chi connectivity index (χ4v) is 4.05. The van der Waals surface area contributed by atoms with Gasteiger partial charge in [-0.05, 0) is 0 Å².